The predicted octanol–water partition coefficient (Wildman–Crippen LogP) is 3.86. The molecule has 0 aliphatic rings. The highest BCUT2D eigenvalue weighted by atomic mass is 32.1. The molecule has 0 unspecified atom stereocenters. The molecular weight excluding hydrogens is 268 g/mol. The summed E-state index contributed by atoms with van der Waals surface area (Å²) >= 11 is 4.99. The normalized spacial score (nSPS) is 10.1. The maximum atomic E-state index is 12.2. The molecule has 20 heavy (non-hydrogen) atoms. The zero-order valence-corrected chi connectivity index (χ0v) is 12.2. The molecule has 0 N–H and O–H groups in total. The van der Waals surface area contributed by atoms with Gasteiger partial charge >= 0.3 is 0 Å². The minimum absolute atomic E-state index is 0.114. The minimum atomic E-state index is 0.114. The van der Waals surface area contributed by atoms with E-state index in [0.717, 1.165) is 11.1 Å². The van der Waals surface area contributed by atoms with Gasteiger partial charge in [-0.05, 0) is 29.7 Å². The molecule has 0 atom stereocenters. The van der Waals surface area contributed by atoms with E-state index in [2.05, 4.69) is 0 Å². The largest absolute Gasteiger partial charge is 0.497 e. The van der Waals surface area contributed by atoms with Crippen LogP contribution in [0.3, 0.4) is 0 Å². The van der Waals surface area contributed by atoms with E-state index in [9.17, 15) is 4.79 Å². The van der Waals surface area contributed by atoms with Crippen LogP contribution in [0, 0.1) is 0 Å². The van der Waals surface area contributed by atoms with Gasteiger partial charge < -0.3 is 4.74 Å². The van der Waals surface area contributed by atoms with E-state index in [0.29, 0.717) is 24.2 Å². The Morgan fingerprint density at radius 2 is 2.00 bits per heavy atom. The average Bonchev–Trinajstić information content (AvgIpc) is 2.52. The Morgan fingerprint density at radius 3 is 2.75 bits per heavy atom. The van der Waals surface area contributed by atoms with Crippen molar-refractivity contribution in [3.8, 4) is 5.75 Å². The molecule has 0 amide bonds. The Bertz CT molecular complexity index is 620. The number of rotatable bonds is 6. The molecule has 2 nitrogen and oxygen atoms in total. The fourth-order valence-electron chi connectivity index (χ4n) is 2.07. The fraction of sp³-hybridized carbons (Fsp3) is 0.176. The molecule has 2 aromatic carbocycles. The number of hydrogen-bond acceptors (Lipinski definition) is 3. The van der Waals surface area contributed by atoms with Crippen LogP contribution < -0.4 is 4.74 Å². The Hall–Kier alpha value is -2.00. The van der Waals surface area contributed by atoms with Gasteiger partial charge in [-0.1, -0.05) is 48.6 Å². The SMILES string of the molecule is COc1cccc(C(=O)CCc2ccccc2C=S)c1. The second-order valence-electron chi connectivity index (χ2n) is 4.47. The number of carbonyl (C=O) groups is 1. The third-order valence-corrected chi connectivity index (χ3v) is 3.45. The molecule has 2 rings (SSSR count). The number of Topliss-reactive ketones (excluding diaryl/α,β-unsaturated/α-hetero) is 1. The van der Waals surface area contributed by atoms with Crippen LogP contribution in [0.4, 0.5) is 0 Å². The molecule has 0 fully saturated rings. The van der Waals surface area contributed by atoms with Gasteiger partial charge in [-0.15, -0.1) is 0 Å². The number of carbonyl (C=O) groups excluding carboxylic acids is 1. The van der Waals surface area contributed by atoms with Gasteiger partial charge in [0.15, 0.2) is 5.78 Å². The van der Waals surface area contributed by atoms with Crippen molar-refractivity contribution in [1.82, 2.24) is 0 Å². The van der Waals surface area contributed by atoms with Gasteiger partial charge in [0.25, 0.3) is 0 Å². The van der Waals surface area contributed by atoms with Gasteiger partial charge in [-0.25, -0.2) is 0 Å². The maximum absolute atomic E-state index is 12.2. The van der Waals surface area contributed by atoms with E-state index in [1.165, 1.54) is 0 Å². The summed E-state index contributed by atoms with van der Waals surface area (Å²) in [6.45, 7) is 0. The smallest absolute Gasteiger partial charge is 0.163 e. The van der Waals surface area contributed by atoms with Gasteiger partial charge in [0.2, 0.25) is 0 Å². The third-order valence-electron chi connectivity index (χ3n) is 3.20. The number of ketones is 1. The first kappa shape index (κ1) is 14.4. The summed E-state index contributed by atoms with van der Waals surface area (Å²) in [5.41, 5.74) is 2.81. The molecule has 0 heterocycles. The molecule has 0 aliphatic heterocycles. The molecule has 0 saturated heterocycles. The number of aryl methyl sites for hydroxylation is 1. The van der Waals surface area contributed by atoms with Crippen molar-refractivity contribution in [2.45, 2.75) is 12.8 Å². The Balaban J connectivity index is 2.06. The van der Waals surface area contributed by atoms with E-state index < -0.39 is 0 Å². The van der Waals surface area contributed by atoms with E-state index in [1.54, 1.807) is 18.5 Å². The summed E-state index contributed by atoms with van der Waals surface area (Å²) in [6, 6.07) is 15.1. The number of hydrogen-bond donors (Lipinski definition) is 0. The zero-order valence-electron chi connectivity index (χ0n) is 11.3. The highest BCUT2D eigenvalue weighted by Crippen LogP contribution is 2.16. The van der Waals surface area contributed by atoms with Crippen molar-refractivity contribution >= 4 is 23.4 Å². The van der Waals surface area contributed by atoms with Crippen LogP contribution in [-0.4, -0.2) is 18.3 Å². The van der Waals surface area contributed by atoms with Crippen LogP contribution >= 0.6 is 12.2 Å². The van der Waals surface area contributed by atoms with Crippen LogP contribution in [0.15, 0.2) is 48.5 Å². The fourth-order valence-corrected chi connectivity index (χ4v) is 2.30. The van der Waals surface area contributed by atoms with Crippen molar-refractivity contribution in [1.29, 1.82) is 0 Å². The zero-order chi connectivity index (χ0) is 14.4. The summed E-state index contributed by atoms with van der Waals surface area (Å²) in [5.74, 6) is 0.818. The highest BCUT2D eigenvalue weighted by molar-refractivity contribution is 7.79. The molecule has 3 heteroatoms. The van der Waals surface area contributed by atoms with Gasteiger partial charge in [0, 0.05) is 17.4 Å². The summed E-state index contributed by atoms with van der Waals surface area (Å²) in [7, 11) is 1.60. The average molecular weight is 284 g/mol. The minimum Gasteiger partial charge on any atom is -0.497 e. The molecule has 2 aromatic rings. The summed E-state index contributed by atoms with van der Waals surface area (Å²) < 4.78 is 5.13. The first-order valence-corrected chi connectivity index (χ1v) is 6.92. The van der Waals surface area contributed by atoms with Gasteiger partial charge in [0.05, 0.1) is 7.11 Å². The van der Waals surface area contributed by atoms with Crippen molar-refractivity contribution in [3.05, 3.63) is 65.2 Å². The first-order valence-electron chi connectivity index (χ1n) is 6.45. The molecule has 0 radical (unpaired) electrons. The van der Waals surface area contributed by atoms with E-state index in [-0.39, 0.29) is 5.78 Å². The Kier molecular flexibility index (Phi) is 5.02. The van der Waals surface area contributed by atoms with Crippen LogP contribution in [0.25, 0.3) is 0 Å². The van der Waals surface area contributed by atoms with Crippen LogP contribution in [0.1, 0.15) is 27.9 Å². The van der Waals surface area contributed by atoms with E-state index in [1.807, 2.05) is 42.5 Å². The monoisotopic (exact) mass is 284 g/mol. The number of benzene rings is 2. The number of thiocarbonyl (C=S) groups is 1. The molecule has 102 valence electrons. The Morgan fingerprint density at radius 1 is 1.20 bits per heavy atom. The topological polar surface area (TPSA) is 26.3 Å². The summed E-state index contributed by atoms with van der Waals surface area (Å²) in [5, 5.41) is 1.66. The summed E-state index contributed by atoms with van der Waals surface area (Å²) in [6.07, 6.45) is 1.16. The maximum Gasteiger partial charge on any atom is 0.163 e. The summed E-state index contributed by atoms with van der Waals surface area (Å²) in [4.78, 5) is 12.2. The van der Waals surface area contributed by atoms with Crippen LogP contribution in [-0.2, 0) is 6.42 Å². The quantitative estimate of drug-likeness (QED) is 0.595. The number of methoxy groups -OCH3 is 1. The van der Waals surface area contributed by atoms with Crippen molar-refractivity contribution < 1.29 is 9.53 Å². The van der Waals surface area contributed by atoms with Crippen molar-refractivity contribution in [2.75, 3.05) is 7.11 Å². The lowest BCUT2D eigenvalue weighted by Crippen LogP contribution is -2.03. The second kappa shape index (κ2) is 6.96. The van der Waals surface area contributed by atoms with Crippen LogP contribution in [0.2, 0.25) is 0 Å². The first-order chi connectivity index (χ1) is 9.74. The van der Waals surface area contributed by atoms with Crippen molar-refractivity contribution in [2.24, 2.45) is 0 Å². The molecule has 0 aromatic heterocycles. The standard InChI is InChI=1S/C17H16O2S/c1-19-16-8-4-7-14(11-16)17(18)10-9-13-5-2-3-6-15(13)12-20/h2-8,11-12H,9-10H2,1H3. The lowest BCUT2D eigenvalue weighted by Gasteiger charge is -2.06. The lowest BCUT2D eigenvalue weighted by atomic mass is 10.00. The highest BCUT2D eigenvalue weighted by Gasteiger charge is 2.08. The molecule has 0 aliphatic carbocycles. The molecule has 0 saturated carbocycles. The van der Waals surface area contributed by atoms with Gasteiger partial charge in [0.1, 0.15) is 5.75 Å². The molecular formula is C17H16O2S. The predicted molar refractivity (Wildman–Crippen MR) is 84.8 cm³/mol. The van der Waals surface area contributed by atoms with Gasteiger partial charge in [-0.2, -0.15) is 0 Å². The Labute approximate surface area is 124 Å². The molecule has 0 spiro atoms. The second-order valence-corrected chi connectivity index (χ2v) is 4.71. The van der Waals surface area contributed by atoms with Crippen LogP contribution in [0.5, 0.6) is 5.75 Å². The number of ether oxygens (including phenoxy) is 1. The van der Waals surface area contributed by atoms with Crippen molar-refractivity contribution in [3.63, 3.8) is 0 Å². The third kappa shape index (κ3) is 3.52. The lowest BCUT2D eigenvalue weighted by molar-refractivity contribution is 0.0982. The molecule has 0 bridgehead atoms. The van der Waals surface area contributed by atoms with Gasteiger partial charge in [-0.3, -0.25) is 4.79 Å². The van der Waals surface area contributed by atoms with E-state index in [4.69, 9.17) is 17.0 Å². The van der Waals surface area contributed by atoms with E-state index >= 15 is 0 Å².